The van der Waals surface area contributed by atoms with Crippen LogP contribution in [-0.2, 0) is 11.3 Å². The van der Waals surface area contributed by atoms with Gasteiger partial charge in [-0.25, -0.2) is 4.79 Å². The topological polar surface area (TPSA) is 41.9 Å². The van der Waals surface area contributed by atoms with E-state index in [4.69, 9.17) is 4.74 Å². The smallest absolute Gasteiger partial charge is 0.436 e. The summed E-state index contributed by atoms with van der Waals surface area (Å²) in [5.41, 5.74) is 0.941. The van der Waals surface area contributed by atoms with Gasteiger partial charge in [0, 0.05) is 11.9 Å². The van der Waals surface area contributed by atoms with Crippen LogP contribution in [0, 0.1) is 0 Å². The molecule has 0 saturated heterocycles. The van der Waals surface area contributed by atoms with Gasteiger partial charge >= 0.3 is 6.09 Å². The van der Waals surface area contributed by atoms with E-state index in [1.165, 1.54) is 5.01 Å². The van der Waals surface area contributed by atoms with Gasteiger partial charge in [-0.2, -0.15) is 5.01 Å². The number of benzene rings is 1. The number of hydrogen-bond acceptors (Lipinski definition) is 3. The van der Waals surface area contributed by atoms with E-state index in [-0.39, 0.29) is 6.61 Å². The van der Waals surface area contributed by atoms with Crippen LogP contribution in [0.25, 0.3) is 0 Å². The minimum Gasteiger partial charge on any atom is -0.443 e. The molecule has 1 aromatic carbocycles. The van der Waals surface area contributed by atoms with Gasteiger partial charge in [-0.3, -0.25) is 0 Å². The van der Waals surface area contributed by atoms with Gasteiger partial charge in [0.2, 0.25) is 0 Å². The zero-order valence-electron chi connectivity index (χ0n) is 8.84. The van der Waals surface area contributed by atoms with Crippen LogP contribution in [0.3, 0.4) is 0 Å². The second-order valence-electron chi connectivity index (χ2n) is 3.24. The maximum atomic E-state index is 11.7. The first-order chi connectivity index (χ1) is 8.27. The molecule has 1 amide bonds. The number of carbonyl (C=O) groups is 1. The van der Waals surface area contributed by atoms with Crippen LogP contribution >= 0.6 is 22.6 Å². The maximum absolute atomic E-state index is 11.7. The molecule has 0 N–H and O–H groups in total. The van der Waals surface area contributed by atoms with Crippen molar-refractivity contribution in [2.24, 2.45) is 5.10 Å². The summed E-state index contributed by atoms with van der Waals surface area (Å²) in [5, 5.41) is 4.97. The lowest BCUT2D eigenvalue weighted by Gasteiger charge is -2.15. The van der Waals surface area contributed by atoms with Crippen molar-refractivity contribution in [3.63, 3.8) is 0 Å². The normalized spacial score (nSPS) is 13.5. The molecule has 0 radical (unpaired) electrons. The van der Waals surface area contributed by atoms with Crippen LogP contribution in [0.2, 0.25) is 0 Å². The van der Waals surface area contributed by atoms with Crippen molar-refractivity contribution < 1.29 is 9.53 Å². The number of halogens is 1. The second-order valence-corrected chi connectivity index (χ2v) is 4.34. The molecule has 0 fully saturated rings. The molecule has 0 bridgehead atoms. The zero-order valence-corrected chi connectivity index (χ0v) is 11.0. The molecule has 0 aliphatic carbocycles. The Hall–Kier alpha value is -1.59. The third-order valence-corrected chi connectivity index (χ3v) is 2.85. The van der Waals surface area contributed by atoms with Crippen LogP contribution in [0.1, 0.15) is 5.56 Å². The molecule has 0 saturated carbocycles. The van der Waals surface area contributed by atoms with Crippen LogP contribution < -0.4 is 0 Å². The zero-order chi connectivity index (χ0) is 12.1. The van der Waals surface area contributed by atoms with E-state index in [1.807, 2.05) is 52.9 Å². The predicted molar refractivity (Wildman–Crippen MR) is 72.6 cm³/mol. The SMILES string of the molecule is O=C(OCc1ccccc1)N1N=C=CC=C1I. The van der Waals surface area contributed by atoms with Crippen LogP contribution in [0.4, 0.5) is 4.79 Å². The maximum Gasteiger partial charge on any atom is 0.436 e. The quantitative estimate of drug-likeness (QED) is 0.613. The summed E-state index contributed by atoms with van der Waals surface area (Å²) in [7, 11) is 0. The van der Waals surface area contributed by atoms with E-state index in [0.29, 0.717) is 3.70 Å². The van der Waals surface area contributed by atoms with Gasteiger partial charge in [0.1, 0.15) is 10.3 Å². The fourth-order valence-electron chi connectivity index (χ4n) is 1.22. The van der Waals surface area contributed by atoms with E-state index in [0.717, 1.165) is 5.56 Å². The van der Waals surface area contributed by atoms with Crippen LogP contribution in [-0.4, -0.2) is 17.0 Å². The molecule has 17 heavy (non-hydrogen) atoms. The number of rotatable bonds is 2. The van der Waals surface area contributed by atoms with E-state index < -0.39 is 6.09 Å². The van der Waals surface area contributed by atoms with Crippen molar-refractivity contribution in [3.05, 3.63) is 51.8 Å². The summed E-state index contributed by atoms with van der Waals surface area (Å²) in [6.07, 6.45) is 2.87. The average Bonchev–Trinajstić information content (AvgIpc) is 2.38. The third-order valence-electron chi connectivity index (χ3n) is 2.03. The minimum absolute atomic E-state index is 0.235. The number of hydrazone groups is 1. The minimum atomic E-state index is -0.505. The second kappa shape index (κ2) is 5.65. The fourth-order valence-corrected chi connectivity index (χ4v) is 1.71. The van der Waals surface area contributed by atoms with Gasteiger partial charge in [-0.1, -0.05) is 30.3 Å². The largest absolute Gasteiger partial charge is 0.443 e. The Morgan fingerprint density at radius 3 is 2.88 bits per heavy atom. The number of carbonyl (C=O) groups excluding carboxylic acids is 1. The molecule has 1 aliphatic rings. The summed E-state index contributed by atoms with van der Waals surface area (Å²) in [6.45, 7) is 0.235. The highest BCUT2D eigenvalue weighted by atomic mass is 127. The van der Waals surface area contributed by atoms with Crippen molar-refractivity contribution in [3.8, 4) is 0 Å². The van der Waals surface area contributed by atoms with Gasteiger partial charge in [0.25, 0.3) is 0 Å². The lowest BCUT2D eigenvalue weighted by Crippen LogP contribution is -2.24. The lowest BCUT2D eigenvalue weighted by molar-refractivity contribution is 0.111. The summed E-state index contributed by atoms with van der Waals surface area (Å²) in [4.78, 5) is 11.7. The molecular formula is C12H9IN2O2. The molecule has 1 heterocycles. The highest BCUT2D eigenvalue weighted by molar-refractivity contribution is 14.1. The van der Waals surface area contributed by atoms with Gasteiger partial charge in [-0.05, 0) is 34.2 Å². The molecule has 1 aliphatic heterocycles. The van der Waals surface area contributed by atoms with Crippen molar-refractivity contribution >= 4 is 34.6 Å². The first-order valence-corrected chi connectivity index (χ1v) is 6.01. The molecule has 86 valence electrons. The molecule has 5 heteroatoms. The Balaban J connectivity index is 1.95. The average molecular weight is 340 g/mol. The third kappa shape index (κ3) is 3.18. The Labute approximate surface area is 112 Å². The van der Waals surface area contributed by atoms with Crippen LogP contribution in [0.5, 0.6) is 0 Å². The Bertz CT molecular complexity index is 504. The van der Waals surface area contributed by atoms with Gasteiger partial charge in [0.05, 0.1) is 0 Å². The Kier molecular flexibility index (Phi) is 3.95. The first kappa shape index (κ1) is 11.9. The van der Waals surface area contributed by atoms with Crippen molar-refractivity contribution in [2.75, 3.05) is 0 Å². The predicted octanol–water partition coefficient (Wildman–Crippen LogP) is 3.06. The van der Waals surface area contributed by atoms with Gasteiger partial charge in [-0.15, -0.1) is 5.10 Å². The van der Waals surface area contributed by atoms with Crippen molar-refractivity contribution in [2.45, 2.75) is 6.61 Å². The molecular weight excluding hydrogens is 331 g/mol. The van der Waals surface area contributed by atoms with Crippen molar-refractivity contribution in [1.29, 1.82) is 0 Å². The van der Waals surface area contributed by atoms with E-state index in [9.17, 15) is 4.79 Å². The standard InChI is InChI=1S/C12H9IN2O2/c13-11-7-4-8-14-15(11)12(16)17-9-10-5-2-1-3-6-10/h1-7H,9H2. The number of amides is 1. The summed E-state index contributed by atoms with van der Waals surface area (Å²) < 4.78 is 5.81. The highest BCUT2D eigenvalue weighted by Gasteiger charge is 2.17. The molecule has 4 nitrogen and oxygen atoms in total. The monoisotopic (exact) mass is 340 g/mol. The lowest BCUT2D eigenvalue weighted by atomic mass is 10.2. The summed E-state index contributed by atoms with van der Waals surface area (Å²) in [5.74, 6) is 2.59. The Morgan fingerprint density at radius 1 is 1.41 bits per heavy atom. The highest BCUT2D eigenvalue weighted by Crippen LogP contribution is 2.17. The molecule has 0 spiro atoms. The van der Waals surface area contributed by atoms with Gasteiger partial charge in [0.15, 0.2) is 0 Å². The number of allylic oxidation sites excluding steroid dienone is 2. The molecule has 0 unspecified atom stereocenters. The number of ether oxygens (including phenoxy) is 1. The van der Waals surface area contributed by atoms with Crippen molar-refractivity contribution in [1.82, 2.24) is 5.01 Å². The van der Waals surface area contributed by atoms with E-state index in [1.54, 1.807) is 12.2 Å². The summed E-state index contributed by atoms with van der Waals surface area (Å²) >= 11 is 2.01. The number of nitrogens with zero attached hydrogens (tertiary/aromatic N) is 2. The van der Waals surface area contributed by atoms with E-state index in [2.05, 4.69) is 11.0 Å². The molecule has 2 rings (SSSR count). The van der Waals surface area contributed by atoms with Gasteiger partial charge < -0.3 is 4.74 Å². The fraction of sp³-hybridized carbons (Fsp3) is 0.0833. The first-order valence-electron chi connectivity index (χ1n) is 4.93. The van der Waals surface area contributed by atoms with Crippen LogP contribution in [0.15, 0.2) is 51.3 Å². The molecule has 0 aromatic heterocycles. The summed E-state index contributed by atoms with van der Waals surface area (Å²) in [6, 6.07) is 9.50. The van der Waals surface area contributed by atoms with E-state index >= 15 is 0 Å². The Morgan fingerprint density at radius 2 is 2.18 bits per heavy atom. The molecule has 1 aromatic rings. The number of hydrogen-bond donors (Lipinski definition) is 0. The molecule has 0 atom stereocenters.